The fourth-order valence-electron chi connectivity index (χ4n) is 2.04. The van der Waals surface area contributed by atoms with Gasteiger partial charge in [0.1, 0.15) is 11.9 Å². The third kappa shape index (κ3) is 4.02. The lowest BCUT2D eigenvalue weighted by Gasteiger charge is -2.41. The number of piperidine rings is 1. The SMILES string of the molecule is CC1(C)CCN(C(=O)OC(C)(C)C)[C@H](C=O)C1. The number of ether oxygens (including phenoxy) is 1. The number of nitrogens with zero attached hydrogens (tertiary/aromatic N) is 1. The molecule has 4 nitrogen and oxygen atoms in total. The molecule has 17 heavy (non-hydrogen) atoms. The summed E-state index contributed by atoms with van der Waals surface area (Å²) in [5.74, 6) is 0. The highest BCUT2D eigenvalue weighted by molar-refractivity contribution is 5.74. The first-order chi connectivity index (χ1) is 7.64. The van der Waals surface area contributed by atoms with Crippen molar-refractivity contribution in [3.63, 3.8) is 0 Å². The summed E-state index contributed by atoms with van der Waals surface area (Å²) >= 11 is 0. The van der Waals surface area contributed by atoms with E-state index in [2.05, 4.69) is 13.8 Å². The van der Waals surface area contributed by atoms with E-state index < -0.39 is 5.60 Å². The van der Waals surface area contributed by atoms with Gasteiger partial charge in [-0.3, -0.25) is 4.90 Å². The minimum atomic E-state index is -0.516. The van der Waals surface area contributed by atoms with Gasteiger partial charge >= 0.3 is 6.09 Å². The first kappa shape index (κ1) is 14.0. The van der Waals surface area contributed by atoms with E-state index in [1.807, 2.05) is 20.8 Å². The van der Waals surface area contributed by atoms with Crippen molar-refractivity contribution in [1.29, 1.82) is 0 Å². The summed E-state index contributed by atoms with van der Waals surface area (Å²) in [7, 11) is 0. The van der Waals surface area contributed by atoms with Crippen LogP contribution in [0.5, 0.6) is 0 Å². The van der Waals surface area contributed by atoms with Gasteiger partial charge in [-0.15, -0.1) is 0 Å². The van der Waals surface area contributed by atoms with Crippen LogP contribution in [0.2, 0.25) is 0 Å². The van der Waals surface area contributed by atoms with E-state index in [1.54, 1.807) is 4.90 Å². The van der Waals surface area contributed by atoms with Crippen molar-refractivity contribution in [3.05, 3.63) is 0 Å². The van der Waals surface area contributed by atoms with Gasteiger partial charge in [0.2, 0.25) is 0 Å². The van der Waals surface area contributed by atoms with Gasteiger partial charge in [0, 0.05) is 6.54 Å². The van der Waals surface area contributed by atoms with Gasteiger partial charge in [-0.25, -0.2) is 4.79 Å². The summed E-state index contributed by atoms with van der Waals surface area (Å²) in [6.07, 6.45) is 2.07. The largest absolute Gasteiger partial charge is 0.444 e. The lowest BCUT2D eigenvalue weighted by atomic mass is 9.79. The number of rotatable bonds is 1. The van der Waals surface area contributed by atoms with Crippen LogP contribution >= 0.6 is 0 Å². The van der Waals surface area contributed by atoms with Crippen LogP contribution in [0.15, 0.2) is 0 Å². The number of amides is 1. The van der Waals surface area contributed by atoms with Crippen LogP contribution < -0.4 is 0 Å². The molecule has 0 radical (unpaired) electrons. The van der Waals surface area contributed by atoms with Gasteiger partial charge in [0.05, 0.1) is 6.04 Å². The average molecular weight is 241 g/mol. The lowest BCUT2D eigenvalue weighted by Crippen LogP contribution is -2.50. The minimum absolute atomic E-state index is 0.115. The van der Waals surface area contributed by atoms with Gasteiger partial charge in [0.25, 0.3) is 0 Å². The Morgan fingerprint density at radius 2 is 2.00 bits per heavy atom. The summed E-state index contributed by atoms with van der Waals surface area (Å²) < 4.78 is 5.31. The molecule has 1 saturated heterocycles. The maximum atomic E-state index is 11.9. The van der Waals surface area contributed by atoms with Crippen LogP contribution in [-0.2, 0) is 9.53 Å². The van der Waals surface area contributed by atoms with Crippen molar-refractivity contribution in [2.45, 2.75) is 59.1 Å². The molecule has 0 aliphatic carbocycles. The highest BCUT2D eigenvalue weighted by Crippen LogP contribution is 2.33. The molecule has 1 heterocycles. The summed E-state index contributed by atoms with van der Waals surface area (Å²) in [4.78, 5) is 24.6. The van der Waals surface area contributed by atoms with Crippen molar-refractivity contribution < 1.29 is 14.3 Å². The molecule has 0 spiro atoms. The molecule has 1 aliphatic heterocycles. The number of carbonyl (C=O) groups is 2. The van der Waals surface area contributed by atoms with E-state index in [9.17, 15) is 9.59 Å². The number of hydrogen-bond acceptors (Lipinski definition) is 3. The molecular weight excluding hydrogens is 218 g/mol. The van der Waals surface area contributed by atoms with Crippen molar-refractivity contribution >= 4 is 12.4 Å². The predicted octanol–water partition coefficient (Wildman–Crippen LogP) is 2.61. The molecule has 4 heteroatoms. The third-order valence-electron chi connectivity index (χ3n) is 2.98. The van der Waals surface area contributed by atoms with E-state index in [4.69, 9.17) is 4.74 Å². The maximum absolute atomic E-state index is 11.9. The van der Waals surface area contributed by atoms with E-state index in [1.165, 1.54) is 0 Å². The van der Waals surface area contributed by atoms with Gasteiger partial charge < -0.3 is 9.53 Å². The monoisotopic (exact) mass is 241 g/mol. The van der Waals surface area contributed by atoms with E-state index >= 15 is 0 Å². The molecule has 0 saturated carbocycles. The molecule has 0 bridgehead atoms. The Morgan fingerprint density at radius 3 is 2.47 bits per heavy atom. The summed E-state index contributed by atoms with van der Waals surface area (Å²) in [5.41, 5.74) is -0.401. The van der Waals surface area contributed by atoms with Crippen LogP contribution in [0.25, 0.3) is 0 Å². The molecule has 0 aromatic rings. The number of hydrogen-bond donors (Lipinski definition) is 0. The standard InChI is InChI=1S/C13H23NO3/c1-12(2,3)17-11(16)14-7-6-13(4,5)8-10(14)9-15/h9-10H,6-8H2,1-5H3/t10-/m0/s1. The molecule has 1 amide bonds. The molecular formula is C13H23NO3. The predicted molar refractivity (Wildman–Crippen MR) is 65.8 cm³/mol. The number of likely N-dealkylation sites (tertiary alicyclic amines) is 1. The maximum Gasteiger partial charge on any atom is 0.410 e. The second-order valence-electron chi connectivity index (χ2n) is 6.50. The summed E-state index contributed by atoms with van der Waals surface area (Å²) in [5, 5.41) is 0. The molecule has 0 aromatic heterocycles. The quantitative estimate of drug-likeness (QED) is 0.663. The molecule has 0 unspecified atom stereocenters. The van der Waals surface area contributed by atoms with E-state index in [0.29, 0.717) is 13.0 Å². The van der Waals surface area contributed by atoms with Gasteiger partial charge in [-0.2, -0.15) is 0 Å². The minimum Gasteiger partial charge on any atom is -0.444 e. The molecule has 0 aromatic carbocycles. The third-order valence-corrected chi connectivity index (χ3v) is 2.98. The Labute approximate surface area is 103 Å². The molecule has 1 aliphatic rings. The Kier molecular flexibility index (Phi) is 3.84. The van der Waals surface area contributed by atoms with Crippen molar-refractivity contribution in [2.24, 2.45) is 5.41 Å². The molecule has 1 fully saturated rings. The zero-order valence-corrected chi connectivity index (χ0v) is 11.4. The first-order valence-corrected chi connectivity index (χ1v) is 6.09. The molecule has 1 atom stereocenters. The zero-order valence-electron chi connectivity index (χ0n) is 11.4. The normalized spacial score (nSPS) is 24.3. The van der Waals surface area contributed by atoms with E-state index in [0.717, 1.165) is 12.7 Å². The average Bonchev–Trinajstić information content (AvgIpc) is 2.13. The van der Waals surface area contributed by atoms with Crippen molar-refractivity contribution in [3.8, 4) is 0 Å². The number of aldehydes is 1. The number of carbonyl (C=O) groups excluding carboxylic acids is 2. The van der Waals surface area contributed by atoms with Crippen LogP contribution in [-0.4, -0.2) is 35.5 Å². The Balaban J connectivity index is 2.71. The smallest absolute Gasteiger partial charge is 0.410 e. The Hall–Kier alpha value is -1.06. The van der Waals surface area contributed by atoms with Crippen LogP contribution in [0.3, 0.4) is 0 Å². The Morgan fingerprint density at radius 1 is 1.41 bits per heavy atom. The second kappa shape index (κ2) is 4.67. The van der Waals surface area contributed by atoms with Gasteiger partial charge in [0.15, 0.2) is 0 Å². The topological polar surface area (TPSA) is 46.6 Å². The summed E-state index contributed by atoms with van der Waals surface area (Å²) in [6.45, 7) is 10.3. The van der Waals surface area contributed by atoms with Gasteiger partial charge in [-0.05, 0) is 39.0 Å². The summed E-state index contributed by atoms with van der Waals surface area (Å²) in [6, 6.07) is -0.353. The highest BCUT2D eigenvalue weighted by atomic mass is 16.6. The Bertz CT molecular complexity index is 304. The molecule has 98 valence electrons. The fraction of sp³-hybridized carbons (Fsp3) is 0.846. The fourth-order valence-corrected chi connectivity index (χ4v) is 2.04. The van der Waals surface area contributed by atoms with Crippen LogP contribution in [0, 0.1) is 5.41 Å². The first-order valence-electron chi connectivity index (χ1n) is 6.09. The van der Waals surface area contributed by atoms with Crippen LogP contribution in [0.4, 0.5) is 4.79 Å². The van der Waals surface area contributed by atoms with Gasteiger partial charge in [-0.1, -0.05) is 13.8 Å². The zero-order chi connectivity index (χ0) is 13.3. The van der Waals surface area contributed by atoms with Crippen molar-refractivity contribution in [1.82, 2.24) is 4.90 Å². The second-order valence-corrected chi connectivity index (χ2v) is 6.50. The van der Waals surface area contributed by atoms with E-state index in [-0.39, 0.29) is 17.6 Å². The lowest BCUT2D eigenvalue weighted by molar-refractivity contribution is -0.115. The highest BCUT2D eigenvalue weighted by Gasteiger charge is 2.37. The van der Waals surface area contributed by atoms with Crippen molar-refractivity contribution in [2.75, 3.05) is 6.54 Å². The van der Waals surface area contributed by atoms with Crippen LogP contribution in [0.1, 0.15) is 47.5 Å². The molecule has 0 N–H and O–H groups in total. The molecule has 1 rings (SSSR count).